The molecule has 2 heterocycles. The van der Waals surface area contributed by atoms with Crippen LogP contribution in [0.4, 0.5) is 5.95 Å². The minimum Gasteiger partial charge on any atom is -0.459 e. The minimum atomic E-state index is -0.301. The summed E-state index contributed by atoms with van der Waals surface area (Å²) >= 11 is 0. The molecule has 0 radical (unpaired) electrons. The van der Waals surface area contributed by atoms with Crippen molar-refractivity contribution in [2.24, 2.45) is 0 Å². The van der Waals surface area contributed by atoms with Crippen molar-refractivity contribution in [3.05, 3.63) is 70.9 Å². The van der Waals surface area contributed by atoms with Crippen molar-refractivity contribution in [2.75, 3.05) is 5.32 Å². The molecule has 0 amide bonds. The number of imidazole rings is 1. The zero-order chi connectivity index (χ0) is 19.1. The molecular weight excluding hydrogens is 338 g/mol. The van der Waals surface area contributed by atoms with Crippen LogP contribution in [0.15, 0.2) is 59.8 Å². The van der Waals surface area contributed by atoms with Gasteiger partial charge in [0.2, 0.25) is 5.95 Å². The summed E-state index contributed by atoms with van der Waals surface area (Å²) in [4.78, 5) is 17.7. The first-order valence-electron chi connectivity index (χ1n) is 9.18. The number of para-hydroxylation sites is 2. The van der Waals surface area contributed by atoms with Crippen LogP contribution in [0.3, 0.4) is 0 Å². The minimum absolute atomic E-state index is 0.183. The number of benzene rings is 2. The van der Waals surface area contributed by atoms with Gasteiger partial charge in [-0.1, -0.05) is 42.0 Å². The Balaban J connectivity index is 1.97. The lowest BCUT2D eigenvalue weighted by Gasteiger charge is -2.30. The Morgan fingerprint density at radius 2 is 1.93 bits per heavy atom. The lowest BCUT2D eigenvalue weighted by molar-refractivity contribution is -0.143. The number of aryl methyl sites for hydroxylation is 1. The van der Waals surface area contributed by atoms with Gasteiger partial charge in [0.05, 0.1) is 28.8 Å². The molecule has 0 bridgehead atoms. The van der Waals surface area contributed by atoms with E-state index < -0.39 is 0 Å². The standard InChI is InChI=1S/C22H23N3O2/c1-13(2)27-21(26)19-15(4)23-22-24-17-10-5-6-11-18(17)25(22)20(19)16-9-7-8-14(3)12-16/h5-13,20H,1-4H3,(H,23,24)/t20-/m0/s1. The molecule has 1 atom stereocenters. The predicted molar refractivity (Wildman–Crippen MR) is 107 cm³/mol. The number of nitrogens with one attached hydrogen (secondary N) is 1. The molecule has 1 aliphatic heterocycles. The fraction of sp³-hybridized carbons (Fsp3) is 0.273. The molecule has 3 aromatic rings. The summed E-state index contributed by atoms with van der Waals surface area (Å²) in [6.07, 6.45) is -0.183. The highest BCUT2D eigenvalue weighted by Gasteiger charge is 2.35. The van der Waals surface area contributed by atoms with Crippen LogP contribution in [0.5, 0.6) is 0 Å². The van der Waals surface area contributed by atoms with Gasteiger partial charge in [-0.2, -0.15) is 0 Å². The molecule has 1 N–H and O–H groups in total. The number of allylic oxidation sites excluding steroid dienone is 1. The van der Waals surface area contributed by atoms with E-state index in [9.17, 15) is 4.79 Å². The molecule has 4 rings (SSSR count). The highest BCUT2D eigenvalue weighted by atomic mass is 16.5. The third-order valence-electron chi connectivity index (χ3n) is 4.75. The van der Waals surface area contributed by atoms with Crippen molar-refractivity contribution in [3.63, 3.8) is 0 Å². The quantitative estimate of drug-likeness (QED) is 0.694. The van der Waals surface area contributed by atoms with Gasteiger partial charge in [0, 0.05) is 5.70 Å². The van der Waals surface area contributed by atoms with Crippen LogP contribution in [0.25, 0.3) is 11.0 Å². The zero-order valence-corrected chi connectivity index (χ0v) is 16.0. The van der Waals surface area contributed by atoms with Crippen molar-refractivity contribution in [1.82, 2.24) is 9.55 Å². The fourth-order valence-corrected chi connectivity index (χ4v) is 3.66. The summed E-state index contributed by atoms with van der Waals surface area (Å²) in [6, 6.07) is 15.9. The molecule has 27 heavy (non-hydrogen) atoms. The van der Waals surface area contributed by atoms with Crippen LogP contribution in [0, 0.1) is 6.92 Å². The van der Waals surface area contributed by atoms with Crippen LogP contribution < -0.4 is 5.32 Å². The van der Waals surface area contributed by atoms with E-state index in [2.05, 4.69) is 35.0 Å². The number of rotatable bonds is 3. The van der Waals surface area contributed by atoms with Gasteiger partial charge in [-0.15, -0.1) is 0 Å². The van der Waals surface area contributed by atoms with Gasteiger partial charge in [-0.05, 0) is 45.4 Å². The number of aromatic nitrogens is 2. The summed E-state index contributed by atoms with van der Waals surface area (Å²) < 4.78 is 7.67. The van der Waals surface area contributed by atoms with Crippen molar-refractivity contribution in [2.45, 2.75) is 39.8 Å². The van der Waals surface area contributed by atoms with Crippen molar-refractivity contribution < 1.29 is 9.53 Å². The molecule has 5 nitrogen and oxygen atoms in total. The molecule has 2 aromatic carbocycles. The second-order valence-corrected chi connectivity index (χ2v) is 7.23. The fourth-order valence-electron chi connectivity index (χ4n) is 3.66. The predicted octanol–water partition coefficient (Wildman–Crippen LogP) is 4.59. The summed E-state index contributed by atoms with van der Waals surface area (Å²) in [5.41, 5.74) is 5.44. The highest BCUT2D eigenvalue weighted by Crippen LogP contribution is 2.39. The molecule has 0 fully saturated rings. The van der Waals surface area contributed by atoms with E-state index in [0.717, 1.165) is 33.8 Å². The zero-order valence-electron chi connectivity index (χ0n) is 16.0. The number of nitrogens with zero attached hydrogens (tertiary/aromatic N) is 2. The summed E-state index contributed by atoms with van der Waals surface area (Å²) in [6.45, 7) is 7.69. The molecule has 0 spiro atoms. The van der Waals surface area contributed by atoms with Crippen LogP contribution in [0.1, 0.15) is 37.9 Å². The van der Waals surface area contributed by atoms with E-state index in [0.29, 0.717) is 5.57 Å². The van der Waals surface area contributed by atoms with Gasteiger partial charge in [-0.3, -0.25) is 4.57 Å². The van der Waals surface area contributed by atoms with E-state index in [-0.39, 0.29) is 18.1 Å². The second-order valence-electron chi connectivity index (χ2n) is 7.23. The molecular formula is C22H23N3O2. The molecule has 0 saturated carbocycles. The maximum absolute atomic E-state index is 13.0. The topological polar surface area (TPSA) is 56.2 Å². The van der Waals surface area contributed by atoms with Crippen LogP contribution in [-0.2, 0) is 9.53 Å². The van der Waals surface area contributed by atoms with Gasteiger partial charge in [0.15, 0.2) is 0 Å². The van der Waals surface area contributed by atoms with Gasteiger partial charge in [0.25, 0.3) is 0 Å². The SMILES string of the molecule is CC1=C(C(=O)OC(C)C)[C@H](c2cccc(C)c2)n2c(nc3ccccc32)N1. The Bertz CT molecular complexity index is 1060. The maximum Gasteiger partial charge on any atom is 0.338 e. The highest BCUT2D eigenvalue weighted by molar-refractivity contribution is 5.94. The van der Waals surface area contributed by atoms with Gasteiger partial charge in [0.1, 0.15) is 0 Å². The lowest BCUT2D eigenvalue weighted by atomic mass is 9.94. The number of fused-ring (bicyclic) bond motifs is 3. The van der Waals surface area contributed by atoms with Crippen LogP contribution in [0.2, 0.25) is 0 Å². The van der Waals surface area contributed by atoms with Crippen LogP contribution in [-0.4, -0.2) is 21.6 Å². The average molecular weight is 361 g/mol. The third-order valence-corrected chi connectivity index (χ3v) is 4.75. The van der Waals surface area contributed by atoms with E-state index >= 15 is 0 Å². The number of carbonyl (C=O) groups excluding carboxylic acids is 1. The molecule has 0 saturated heterocycles. The number of ether oxygens (including phenoxy) is 1. The van der Waals surface area contributed by atoms with E-state index in [1.807, 2.05) is 51.1 Å². The first kappa shape index (κ1) is 17.3. The number of hydrogen-bond donors (Lipinski definition) is 1. The first-order chi connectivity index (χ1) is 13.0. The molecule has 1 aromatic heterocycles. The van der Waals surface area contributed by atoms with E-state index in [1.165, 1.54) is 0 Å². The smallest absolute Gasteiger partial charge is 0.338 e. The normalized spacial score (nSPS) is 16.4. The molecule has 138 valence electrons. The first-order valence-corrected chi connectivity index (χ1v) is 9.18. The average Bonchev–Trinajstić information content (AvgIpc) is 2.97. The molecule has 0 aliphatic carbocycles. The summed E-state index contributed by atoms with van der Waals surface area (Å²) in [5, 5.41) is 3.30. The van der Waals surface area contributed by atoms with E-state index in [4.69, 9.17) is 9.72 Å². The lowest BCUT2D eigenvalue weighted by Crippen LogP contribution is -2.30. The molecule has 0 unspecified atom stereocenters. The largest absolute Gasteiger partial charge is 0.459 e. The van der Waals surface area contributed by atoms with Crippen molar-refractivity contribution in [1.29, 1.82) is 0 Å². The number of hydrogen-bond acceptors (Lipinski definition) is 4. The van der Waals surface area contributed by atoms with Crippen molar-refractivity contribution in [3.8, 4) is 0 Å². The molecule has 5 heteroatoms. The Morgan fingerprint density at radius 1 is 1.15 bits per heavy atom. The van der Waals surface area contributed by atoms with Crippen molar-refractivity contribution >= 4 is 23.0 Å². The number of carbonyl (C=O) groups is 1. The number of esters is 1. The maximum atomic E-state index is 13.0. The summed E-state index contributed by atoms with van der Waals surface area (Å²) in [5.74, 6) is 0.436. The summed E-state index contributed by atoms with van der Waals surface area (Å²) in [7, 11) is 0. The van der Waals surface area contributed by atoms with Gasteiger partial charge >= 0.3 is 5.97 Å². The van der Waals surface area contributed by atoms with E-state index in [1.54, 1.807) is 0 Å². The Hall–Kier alpha value is -3.08. The van der Waals surface area contributed by atoms with Crippen LogP contribution >= 0.6 is 0 Å². The van der Waals surface area contributed by atoms with Gasteiger partial charge < -0.3 is 10.1 Å². The Morgan fingerprint density at radius 3 is 2.67 bits per heavy atom. The Kier molecular flexibility index (Phi) is 4.22. The molecule has 1 aliphatic rings. The van der Waals surface area contributed by atoms with Gasteiger partial charge in [-0.25, -0.2) is 9.78 Å². The monoisotopic (exact) mass is 361 g/mol. The Labute approximate surface area is 158 Å². The second kappa shape index (κ2) is 6.58. The third kappa shape index (κ3) is 2.99. The number of anilines is 1.